The lowest BCUT2D eigenvalue weighted by Crippen LogP contribution is -1.90. The van der Waals surface area contributed by atoms with Gasteiger partial charge in [0, 0.05) is 0 Å². The number of aromatic nitrogens is 1. The molecule has 0 unspecified atom stereocenters. The number of anilines is 1. The Balaban J connectivity index is 1.40. The minimum absolute atomic E-state index is 0.582. The first-order chi connectivity index (χ1) is 12.8. The van der Waals surface area contributed by atoms with Crippen molar-refractivity contribution < 1.29 is 4.74 Å². The molecule has 0 saturated carbocycles. The van der Waals surface area contributed by atoms with Gasteiger partial charge in [0.05, 0.1) is 21.5 Å². The van der Waals surface area contributed by atoms with Gasteiger partial charge >= 0.3 is 0 Å². The summed E-state index contributed by atoms with van der Waals surface area (Å²) >= 11 is 7.67. The number of thiazole rings is 1. The molecule has 0 aliphatic rings. The first kappa shape index (κ1) is 16.6. The number of hydrogen-bond donors (Lipinski definition) is 1. The summed E-state index contributed by atoms with van der Waals surface area (Å²) in [6.07, 6.45) is 1.74. The van der Waals surface area contributed by atoms with E-state index in [4.69, 9.17) is 16.3 Å². The fraction of sp³-hybridized carbons (Fsp3) is 0. The third-order valence-electron chi connectivity index (χ3n) is 3.61. The first-order valence-electron chi connectivity index (χ1n) is 7.95. The maximum atomic E-state index is 6.10. The highest BCUT2D eigenvalue weighted by atomic mass is 35.5. The van der Waals surface area contributed by atoms with Crippen LogP contribution in [0.25, 0.3) is 10.2 Å². The standard InChI is InChI=1S/C20H14ClN3OS/c21-16-5-1-3-7-18(16)25-15-11-9-14(10-12-15)13-22-24-20-23-17-6-2-4-8-19(17)26-20/h1-13H,(H,23,24)/b22-13-. The van der Waals surface area contributed by atoms with Crippen LogP contribution in [0.15, 0.2) is 77.9 Å². The zero-order chi connectivity index (χ0) is 17.8. The zero-order valence-corrected chi connectivity index (χ0v) is 15.2. The maximum absolute atomic E-state index is 6.10. The van der Waals surface area contributed by atoms with Gasteiger partial charge in [0.15, 0.2) is 0 Å². The summed E-state index contributed by atoms with van der Waals surface area (Å²) in [5.74, 6) is 1.35. The number of hydrazone groups is 1. The highest BCUT2D eigenvalue weighted by molar-refractivity contribution is 7.22. The van der Waals surface area contributed by atoms with Crippen molar-refractivity contribution in [1.29, 1.82) is 0 Å². The van der Waals surface area contributed by atoms with E-state index in [0.29, 0.717) is 10.8 Å². The summed E-state index contributed by atoms with van der Waals surface area (Å²) < 4.78 is 6.90. The van der Waals surface area contributed by atoms with E-state index in [2.05, 4.69) is 15.5 Å². The highest BCUT2D eigenvalue weighted by Gasteiger charge is 2.02. The minimum atomic E-state index is 0.582. The van der Waals surface area contributed by atoms with Crippen LogP contribution in [0.3, 0.4) is 0 Å². The third-order valence-corrected chi connectivity index (χ3v) is 4.87. The van der Waals surface area contributed by atoms with Gasteiger partial charge in [0.1, 0.15) is 11.5 Å². The van der Waals surface area contributed by atoms with Crippen molar-refractivity contribution in [3.05, 3.63) is 83.4 Å². The van der Waals surface area contributed by atoms with Gasteiger partial charge in [-0.1, -0.05) is 47.2 Å². The predicted molar refractivity (Wildman–Crippen MR) is 109 cm³/mol. The molecule has 0 bridgehead atoms. The summed E-state index contributed by atoms with van der Waals surface area (Å²) in [6, 6.07) is 23.0. The van der Waals surface area contributed by atoms with Gasteiger partial charge in [-0.2, -0.15) is 5.10 Å². The molecule has 0 amide bonds. The zero-order valence-electron chi connectivity index (χ0n) is 13.6. The van der Waals surface area contributed by atoms with Crippen LogP contribution in [0.2, 0.25) is 5.02 Å². The van der Waals surface area contributed by atoms with Crippen molar-refractivity contribution in [2.75, 3.05) is 5.43 Å². The monoisotopic (exact) mass is 379 g/mol. The van der Waals surface area contributed by atoms with Crippen LogP contribution < -0.4 is 10.2 Å². The molecule has 128 valence electrons. The van der Waals surface area contributed by atoms with Gasteiger partial charge in [-0.15, -0.1) is 0 Å². The molecule has 0 aliphatic heterocycles. The number of fused-ring (bicyclic) bond motifs is 1. The lowest BCUT2D eigenvalue weighted by Gasteiger charge is -2.07. The lowest BCUT2D eigenvalue weighted by atomic mass is 10.2. The number of rotatable bonds is 5. The van der Waals surface area contributed by atoms with Gasteiger partial charge in [-0.25, -0.2) is 4.98 Å². The van der Waals surface area contributed by atoms with Crippen molar-refractivity contribution in [2.24, 2.45) is 5.10 Å². The van der Waals surface area contributed by atoms with E-state index in [1.807, 2.05) is 66.7 Å². The average molecular weight is 380 g/mol. The van der Waals surface area contributed by atoms with E-state index >= 15 is 0 Å². The minimum Gasteiger partial charge on any atom is -0.456 e. The first-order valence-corrected chi connectivity index (χ1v) is 9.14. The Morgan fingerprint density at radius 1 is 0.962 bits per heavy atom. The largest absolute Gasteiger partial charge is 0.456 e. The molecular weight excluding hydrogens is 366 g/mol. The Hall–Kier alpha value is -2.89. The van der Waals surface area contributed by atoms with E-state index in [9.17, 15) is 0 Å². The highest BCUT2D eigenvalue weighted by Crippen LogP contribution is 2.29. The Bertz CT molecular complexity index is 1030. The molecule has 0 spiro atoms. The van der Waals surface area contributed by atoms with Crippen LogP contribution in [0.5, 0.6) is 11.5 Å². The second kappa shape index (κ2) is 7.56. The fourth-order valence-corrected chi connectivity index (χ4v) is 3.35. The van der Waals surface area contributed by atoms with Gasteiger partial charge in [0.25, 0.3) is 0 Å². The van der Waals surface area contributed by atoms with Crippen LogP contribution in [-0.2, 0) is 0 Å². The molecule has 0 fully saturated rings. The summed E-state index contributed by atoms with van der Waals surface area (Å²) in [7, 11) is 0. The number of ether oxygens (including phenoxy) is 1. The number of benzene rings is 3. The van der Waals surface area contributed by atoms with Gasteiger partial charge in [0.2, 0.25) is 5.13 Å². The predicted octanol–water partition coefficient (Wildman–Crippen LogP) is 6.19. The summed E-state index contributed by atoms with van der Waals surface area (Å²) in [5, 5.41) is 5.59. The second-order valence-electron chi connectivity index (χ2n) is 5.46. The summed E-state index contributed by atoms with van der Waals surface area (Å²) in [4.78, 5) is 4.47. The van der Waals surface area contributed by atoms with Crippen molar-refractivity contribution in [2.45, 2.75) is 0 Å². The van der Waals surface area contributed by atoms with Crippen molar-refractivity contribution >= 4 is 44.5 Å². The topological polar surface area (TPSA) is 46.5 Å². The molecule has 3 aromatic carbocycles. The lowest BCUT2D eigenvalue weighted by molar-refractivity contribution is 0.483. The van der Waals surface area contributed by atoms with E-state index in [-0.39, 0.29) is 0 Å². The van der Waals surface area contributed by atoms with Crippen LogP contribution >= 0.6 is 22.9 Å². The van der Waals surface area contributed by atoms with E-state index in [0.717, 1.165) is 26.7 Å². The van der Waals surface area contributed by atoms with E-state index in [1.54, 1.807) is 23.6 Å². The van der Waals surface area contributed by atoms with Crippen molar-refractivity contribution in [3.63, 3.8) is 0 Å². The number of halogens is 1. The van der Waals surface area contributed by atoms with Gasteiger partial charge < -0.3 is 4.74 Å². The maximum Gasteiger partial charge on any atom is 0.204 e. The Morgan fingerprint density at radius 2 is 1.73 bits per heavy atom. The molecule has 1 heterocycles. The molecule has 0 radical (unpaired) electrons. The van der Waals surface area contributed by atoms with Gasteiger partial charge in [-0.3, -0.25) is 5.43 Å². The fourth-order valence-electron chi connectivity index (χ4n) is 2.36. The molecule has 4 aromatic rings. The summed E-state index contributed by atoms with van der Waals surface area (Å²) in [5.41, 5.74) is 4.89. The molecule has 1 N–H and O–H groups in total. The van der Waals surface area contributed by atoms with Crippen LogP contribution in [0.1, 0.15) is 5.56 Å². The van der Waals surface area contributed by atoms with Crippen molar-refractivity contribution in [1.82, 2.24) is 4.98 Å². The third kappa shape index (κ3) is 3.85. The molecule has 4 rings (SSSR count). The van der Waals surface area contributed by atoms with Crippen molar-refractivity contribution in [3.8, 4) is 11.5 Å². The van der Waals surface area contributed by atoms with Crippen LogP contribution in [-0.4, -0.2) is 11.2 Å². The second-order valence-corrected chi connectivity index (χ2v) is 6.90. The Morgan fingerprint density at radius 3 is 2.54 bits per heavy atom. The number of nitrogens with zero attached hydrogens (tertiary/aromatic N) is 2. The molecule has 0 atom stereocenters. The molecule has 1 aromatic heterocycles. The quantitative estimate of drug-likeness (QED) is 0.332. The Kier molecular flexibility index (Phi) is 4.82. The normalized spacial score (nSPS) is 11.1. The smallest absolute Gasteiger partial charge is 0.204 e. The molecule has 0 saturated heterocycles. The number of para-hydroxylation sites is 2. The SMILES string of the molecule is Clc1ccccc1Oc1ccc(/C=N\Nc2nc3ccccc3s2)cc1. The van der Waals surface area contributed by atoms with Gasteiger partial charge in [-0.05, 0) is 54.1 Å². The number of hydrogen-bond acceptors (Lipinski definition) is 5. The van der Waals surface area contributed by atoms with Crippen LogP contribution in [0.4, 0.5) is 5.13 Å². The van der Waals surface area contributed by atoms with Crippen LogP contribution in [0, 0.1) is 0 Å². The average Bonchev–Trinajstić information content (AvgIpc) is 3.08. The Labute approximate surface area is 159 Å². The van der Waals surface area contributed by atoms with E-state index < -0.39 is 0 Å². The van der Waals surface area contributed by atoms with E-state index in [1.165, 1.54) is 0 Å². The molecule has 4 nitrogen and oxygen atoms in total. The molecule has 6 heteroatoms. The molecule has 0 aliphatic carbocycles. The summed E-state index contributed by atoms with van der Waals surface area (Å²) in [6.45, 7) is 0. The molecule has 26 heavy (non-hydrogen) atoms. The molecular formula is C20H14ClN3OS. The number of nitrogens with one attached hydrogen (secondary N) is 1.